The maximum Gasteiger partial charge on any atom is 0.333 e. The van der Waals surface area contributed by atoms with Crippen LogP contribution < -0.4 is 16.6 Å². The molecule has 0 saturated heterocycles. The number of amides is 1. The van der Waals surface area contributed by atoms with Crippen LogP contribution in [0.2, 0.25) is 5.02 Å². The lowest BCUT2D eigenvalue weighted by Gasteiger charge is -2.09. The molecule has 8 heteroatoms. The van der Waals surface area contributed by atoms with Crippen molar-refractivity contribution in [3.63, 3.8) is 0 Å². The summed E-state index contributed by atoms with van der Waals surface area (Å²) in [5, 5.41) is 2.88. The molecular formula is C18H13ClFN3O3. The quantitative estimate of drug-likeness (QED) is 0.740. The maximum atomic E-state index is 13.6. The highest BCUT2D eigenvalue weighted by Gasteiger charge is 2.16. The average molecular weight is 374 g/mol. The van der Waals surface area contributed by atoms with Gasteiger partial charge in [0.1, 0.15) is 11.4 Å². The number of halogens is 2. The third kappa shape index (κ3) is 3.43. The van der Waals surface area contributed by atoms with Gasteiger partial charge >= 0.3 is 5.69 Å². The van der Waals surface area contributed by atoms with Gasteiger partial charge in [-0.2, -0.15) is 0 Å². The molecule has 0 radical (unpaired) electrons. The maximum absolute atomic E-state index is 13.6. The Morgan fingerprint density at radius 1 is 1.15 bits per heavy atom. The van der Waals surface area contributed by atoms with Crippen LogP contribution in [0.1, 0.15) is 15.9 Å². The first-order valence-electron chi connectivity index (χ1n) is 7.55. The summed E-state index contributed by atoms with van der Waals surface area (Å²) in [6, 6.07) is 10.2. The van der Waals surface area contributed by atoms with E-state index in [0.29, 0.717) is 10.6 Å². The number of aromatic nitrogens is 2. The summed E-state index contributed by atoms with van der Waals surface area (Å²) < 4.78 is 14.4. The molecule has 0 unspecified atom stereocenters. The van der Waals surface area contributed by atoms with Crippen LogP contribution >= 0.6 is 11.6 Å². The second-order valence-electron chi connectivity index (χ2n) is 5.54. The molecule has 0 aliphatic carbocycles. The Hall–Kier alpha value is -3.19. The first-order valence-corrected chi connectivity index (χ1v) is 7.93. The molecule has 132 valence electrons. The Labute approximate surface area is 151 Å². The first-order chi connectivity index (χ1) is 12.4. The van der Waals surface area contributed by atoms with E-state index < -0.39 is 23.0 Å². The number of rotatable bonds is 3. The van der Waals surface area contributed by atoms with Gasteiger partial charge in [0.05, 0.1) is 5.69 Å². The minimum absolute atomic E-state index is 0.196. The molecule has 0 bridgehead atoms. The second kappa shape index (κ2) is 6.97. The highest BCUT2D eigenvalue weighted by Crippen LogP contribution is 2.14. The fourth-order valence-corrected chi connectivity index (χ4v) is 2.46. The number of benzene rings is 2. The Balaban J connectivity index is 2.00. The number of hydrogen-bond acceptors (Lipinski definition) is 3. The molecule has 0 aliphatic heterocycles. The summed E-state index contributed by atoms with van der Waals surface area (Å²) in [5.74, 6) is -1.25. The van der Waals surface area contributed by atoms with Crippen LogP contribution in [0.15, 0.2) is 58.3 Å². The van der Waals surface area contributed by atoms with Gasteiger partial charge in [0.15, 0.2) is 0 Å². The molecule has 0 saturated carbocycles. The molecule has 2 N–H and O–H groups in total. The summed E-state index contributed by atoms with van der Waals surface area (Å²) in [5.41, 5.74) is -0.910. The van der Waals surface area contributed by atoms with Gasteiger partial charge < -0.3 is 10.3 Å². The van der Waals surface area contributed by atoms with Crippen LogP contribution in [0.4, 0.5) is 10.1 Å². The molecule has 2 aromatic carbocycles. The number of nitrogens with one attached hydrogen (secondary N) is 2. The highest BCUT2D eigenvalue weighted by molar-refractivity contribution is 6.30. The molecule has 1 heterocycles. The van der Waals surface area contributed by atoms with Crippen molar-refractivity contribution in [3.05, 3.63) is 91.5 Å². The van der Waals surface area contributed by atoms with E-state index >= 15 is 0 Å². The summed E-state index contributed by atoms with van der Waals surface area (Å²) in [6.45, 7) is 1.59. The number of carbonyl (C=O) groups excluding carboxylic acids is 1. The lowest BCUT2D eigenvalue weighted by atomic mass is 10.2. The summed E-state index contributed by atoms with van der Waals surface area (Å²) in [7, 11) is 0. The molecule has 1 amide bonds. The molecule has 3 aromatic rings. The van der Waals surface area contributed by atoms with Crippen molar-refractivity contribution in [1.82, 2.24) is 9.55 Å². The SMILES string of the molecule is Cc1ccc(NC(=O)c2c[nH]c(=O)n(-c3ccc(Cl)cc3)c2=O)cc1F. The van der Waals surface area contributed by atoms with Crippen molar-refractivity contribution in [2.45, 2.75) is 6.92 Å². The molecule has 0 atom stereocenters. The van der Waals surface area contributed by atoms with Crippen molar-refractivity contribution in [1.29, 1.82) is 0 Å². The van der Waals surface area contributed by atoms with Crippen LogP contribution in [0.5, 0.6) is 0 Å². The van der Waals surface area contributed by atoms with E-state index in [0.717, 1.165) is 16.8 Å². The zero-order chi connectivity index (χ0) is 18.8. The zero-order valence-electron chi connectivity index (χ0n) is 13.5. The zero-order valence-corrected chi connectivity index (χ0v) is 14.3. The van der Waals surface area contributed by atoms with Gasteiger partial charge in [-0.25, -0.2) is 13.8 Å². The smallest absolute Gasteiger partial charge is 0.322 e. The minimum Gasteiger partial charge on any atom is -0.322 e. The number of H-pyrrole nitrogens is 1. The van der Waals surface area contributed by atoms with E-state index in [1.54, 1.807) is 6.92 Å². The average Bonchev–Trinajstić information content (AvgIpc) is 2.60. The van der Waals surface area contributed by atoms with E-state index in [1.807, 2.05) is 0 Å². The predicted octanol–water partition coefficient (Wildman–Crippen LogP) is 2.88. The van der Waals surface area contributed by atoms with Crippen LogP contribution in [-0.4, -0.2) is 15.5 Å². The molecular weight excluding hydrogens is 361 g/mol. The molecule has 0 fully saturated rings. The van der Waals surface area contributed by atoms with E-state index in [9.17, 15) is 18.8 Å². The topological polar surface area (TPSA) is 84.0 Å². The third-order valence-electron chi connectivity index (χ3n) is 3.74. The van der Waals surface area contributed by atoms with Gasteiger partial charge in [-0.3, -0.25) is 9.59 Å². The van der Waals surface area contributed by atoms with Crippen LogP contribution in [0.25, 0.3) is 5.69 Å². The number of carbonyl (C=O) groups is 1. The highest BCUT2D eigenvalue weighted by atomic mass is 35.5. The third-order valence-corrected chi connectivity index (χ3v) is 3.99. The molecule has 3 rings (SSSR count). The standard InChI is InChI=1S/C18H13ClFN3O3/c1-10-2-5-12(8-15(10)20)22-16(24)14-9-21-18(26)23(17(14)25)13-6-3-11(19)4-7-13/h2-9H,1H3,(H,21,26)(H,22,24). The minimum atomic E-state index is -0.804. The fourth-order valence-electron chi connectivity index (χ4n) is 2.33. The normalized spacial score (nSPS) is 10.6. The van der Waals surface area contributed by atoms with Crippen molar-refractivity contribution in [2.75, 3.05) is 5.32 Å². The Morgan fingerprint density at radius 2 is 1.85 bits per heavy atom. The first kappa shape index (κ1) is 17.6. The monoisotopic (exact) mass is 373 g/mol. The van der Waals surface area contributed by atoms with Gasteiger partial charge in [-0.05, 0) is 48.9 Å². The van der Waals surface area contributed by atoms with Crippen LogP contribution in [0.3, 0.4) is 0 Å². The Bertz CT molecular complexity index is 1100. The van der Waals surface area contributed by atoms with E-state index in [-0.39, 0.29) is 16.9 Å². The Kier molecular flexibility index (Phi) is 4.73. The largest absolute Gasteiger partial charge is 0.333 e. The van der Waals surface area contributed by atoms with Crippen molar-refractivity contribution in [3.8, 4) is 5.69 Å². The fraction of sp³-hybridized carbons (Fsp3) is 0.0556. The summed E-state index contributed by atoms with van der Waals surface area (Å²) >= 11 is 5.81. The van der Waals surface area contributed by atoms with Crippen molar-refractivity contribution < 1.29 is 9.18 Å². The second-order valence-corrected chi connectivity index (χ2v) is 5.98. The molecule has 0 spiro atoms. The summed E-state index contributed by atoms with van der Waals surface area (Å²) in [4.78, 5) is 39.4. The lowest BCUT2D eigenvalue weighted by Crippen LogP contribution is -2.38. The predicted molar refractivity (Wildman–Crippen MR) is 96.8 cm³/mol. The van der Waals surface area contributed by atoms with Gasteiger partial charge in [0, 0.05) is 16.9 Å². The van der Waals surface area contributed by atoms with E-state index in [4.69, 9.17) is 11.6 Å². The van der Waals surface area contributed by atoms with Gasteiger partial charge in [0.2, 0.25) is 0 Å². The van der Waals surface area contributed by atoms with Gasteiger partial charge in [0.25, 0.3) is 11.5 Å². The van der Waals surface area contributed by atoms with E-state index in [1.165, 1.54) is 36.4 Å². The number of aryl methyl sites for hydroxylation is 1. The number of anilines is 1. The van der Waals surface area contributed by atoms with Crippen molar-refractivity contribution >= 4 is 23.2 Å². The number of aromatic amines is 1. The van der Waals surface area contributed by atoms with Gasteiger partial charge in [-0.1, -0.05) is 17.7 Å². The molecule has 1 aromatic heterocycles. The van der Waals surface area contributed by atoms with Crippen LogP contribution in [-0.2, 0) is 0 Å². The molecule has 6 nitrogen and oxygen atoms in total. The number of hydrogen-bond donors (Lipinski definition) is 2. The van der Waals surface area contributed by atoms with Crippen LogP contribution in [0, 0.1) is 12.7 Å². The molecule has 26 heavy (non-hydrogen) atoms. The summed E-state index contributed by atoms with van der Waals surface area (Å²) in [6.07, 6.45) is 1.02. The number of nitrogens with zero attached hydrogens (tertiary/aromatic N) is 1. The Morgan fingerprint density at radius 3 is 2.50 bits per heavy atom. The van der Waals surface area contributed by atoms with Gasteiger partial charge in [-0.15, -0.1) is 0 Å². The van der Waals surface area contributed by atoms with E-state index in [2.05, 4.69) is 10.3 Å². The van der Waals surface area contributed by atoms with Crippen molar-refractivity contribution in [2.24, 2.45) is 0 Å². The molecule has 0 aliphatic rings. The lowest BCUT2D eigenvalue weighted by molar-refractivity contribution is 0.102.